The van der Waals surface area contributed by atoms with Gasteiger partial charge in [-0.25, -0.2) is 4.79 Å². The van der Waals surface area contributed by atoms with Gasteiger partial charge in [0.25, 0.3) is 0 Å². The Morgan fingerprint density at radius 1 is 1.29 bits per heavy atom. The SMILES string of the molecule is COCCC(C)(C)CNCCOc1ccccc1C(=O)O. The summed E-state index contributed by atoms with van der Waals surface area (Å²) in [5.74, 6) is -0.565. The van der Waals surface area contributed by atoms with Crippen molar-refractivity contribution in [2.75, 3.05) is 33.4 Å². The highest BCUT2D eigenvalue weighted by atomic mass is 16.5. The smallest absolute Gasteiger partial charge is 0.339 e. The van der Waals surface area contributed by atoms with Gasteiger partial charge in [0.05, 0.1) is 0 Å². The van der Waals surface area contributed by atoms with Crippen molar-refractivity contribution >= 4 is 5.97 Å². The first kappa shape index (κ1) is 17.5. The second kappa shape index (κ2) is 8.64. The van der Waals surface area contributed by atoms with E-state index in [0.29, 0.717) is 18.9 Å². The molecule has 1 aromatic carbocycles. The van der Waals surface area contributed by atoms with Gasteiger partial charge >= 0.3 is 5.97 Å². The highest BCUT2D eigenvalue weighted by Crippen LogP contribution is 2.19. The van der Waals surface area contributed by atoms with E-state index in [9.17, 15) is 4.79 Å². The molecule has 0 amide bonds. The van der Waals surface area contributed by atoms with Crippen LogP contribution in [0.5, 0.6) is 5.75 Å². The van der Waals surface area contributed by atoms with Gasteiger partial charge in [-0.2, -0.15) is 0 Å². The van der Waals surface area contributed by atoms with E-state index in [0.717, 1.165) is 19.6 Å². The molecule has 0 aliphatic rings. The minimum Gasteiger partial charge on any atom is -0.491 e. The molecule has 0 spiro atoms. The van der Waals surface area contributed by atoms with E-state index in [1.165, 1.54) is 0 Å². The third kappa shape index (κ3) is 6.60. The van der Waals surface area contributed by atoms with E-state index in [4.69, 9.17) is 14.6 Å². The number of rotatable bonds is 10. The molecule has 0 unspecified atom stereocenters. The lowest BCUT2D eigenvalue weighted by atomic mass is 9.90. The van der Waals surface area contributed by atoms with Crippen LogP contribution in [0.2, 0.25) is 0 Å². The lowest BCUT2D eigenvalue weighted by Crippen LogP contribution is -2.33. The Morgan fingerprint density at radius 3 is 2.67 bits per heavy atom. The molecule has 0 bridgehead atoms. The average molecular weight is 295 g/mol. The first-order chi connectivity index (χ1) is 9.96. The molecule has 0 radical (unpaired) electrons. The van der Waals surface area contributed by atoms with Crippen molar-refractivity contribution in [1.29, 1.82) is 0 Å². The number of benzene rings is 1. The molecule has 5 heteroatoms. The molecule has 21 heavy (non-hydrogen) atoms. The number of carbonyl (C=O) groups is 1. The van der Waals surface area contributed by atoms with Gasteiger partial charge in [-0.05, 0) is 24.0 Å². The summed E-state index contributed by atoms with van der Waals surface area (Å²) >= 11 is 0. The number of nitrogens with one attached hydrogen (secondary N) is 1. The average Bonchev–Trinajstić information content (AvgIpc) is 2.45. The molecule has 0 aromatic heterocycles. The van der Waals surface area contributed by atoms with Crippen LogP contribution in [-0.4, -0.2) is 44.5 Å². The van der Waals surface area contributed by atoms with Crippen LogP contribution in [0.25, 0.3) is 0 Å². The van der Waals surface area contributed by atoms with E-state index in [1.807, 2.05) is 0 Å². The summed E-state index contributed by atoms with van der Waals surface area (Å²) in [6, 6.07) is 6.67. The summed E-state index contributed by atoms with van der Waals surface area (Å²) in [5.41, 5.74) is 0.354. The lowest BCUT2D eigenvalue weighted by molar-refractivity contribution is 0.0692. The standard InChI is InChI=1S/C16H25NO4/c1-16(2,8-10-20-3)12-17-9-11-21-14-7-5-4-6-13(14)15(18)19/h4-7,17H,8-12H2,1-3H3,(H,18,19). The van der Waals surface area contributed by atoms with Gasteiger partial charge in [0.15, 0.2) is 0 Å². The van der Waals surface area contributed by atoms with Crippen molar-refractivity contribution in [3.8, 4) is 5.75 Å². The quantitative estimate of drug-likeness (QED) is 0.649. The number of carboxylic acid groups (broad SMARTS) is 1. The topological polar surface area (TPSA) is 67.8 Å². The zero-order valence-corrected chi connectivity index (χ0v) is 13.0. The van der Waals surface area contributed by atoms with Crippen LogP contribution >= 0.6 is 0 Å². The Hall–Kier alpha value is -1.59. The summed E-state index contributed by atoms with van der Waals surface area (Å²) in [6.07, 6.45) is 0.985. The lowest BCUT2D eigenvalue weighted by Gasteiger charge is -2.24. The van der Waals surface area contributed by atoms with Crippen LogP contribution in [-0.2, 0) is 4.74 Å². The second-order valence-electron chi connectivity index (χ2n) is 5.73. The molecule has 0 aliphatic heterocycles. The fourth-order valence-electron chi connectivity index (χ4n) is 1.90. The Balaban J connectivity index is 2.30. The minimum absolute atomic E-state index is 0.162. The predicted molar refractivity (Wildman–Crippen MR) is 82.0 cm³/mol. The molecule has 1 rings (SSSR count). The molecule has 2 N–H and O–H groups in total. The minimum atomic E-state index is -0.973. The number of ether oxygens (including phenoxy) is 2. The highest BCUT2D eigenvalue weighted by molar-refractivity contribution is 5.90. The summed E-state index contributed by atoms with van der Waals surface area (Å²) in [5, 5.41) is 12.4. The maximum atomic E-state index is 11.0. The van der Waals surface area contributed by atoms with E-state index >= 15 is 0 Å². The molecule has 0 heterocycles. The van der Waals surface area contributed by atoms with Crippen LogP contribution in [0, 0.1) is 5.41 Å². The molecule has 0 fully saturated rings. The number of hydrogen-bond donors (Lipinski definition) is 2. The maximum Gasteiger partial charge on any atom is 0.339 e. The van der Waals surface area contributed by atoms with Crippen molar-refractivity contribution in [1.82, 2.24) is 5.32 Å². The molecule has 0 aliphatic carbocycles. The summed E-state index contributed by atoms with van der Waals surface area (Å²) in [4.78, 5) is 11.0. The van der Waals surface area contributed by atoms with E-state index in [2.05, 4.69) is 19.2 Å². The van der Waals surface area contributed by atoms with Crippen molar-refractivity contribution in [2.24, 2.45) is 5.41 Å². The number of aromatic carboxylic acids is 1. The van der Waals surface area contributed by atoms with Crippen LogP contribution in [0.3, 0.4) is 0 Å². The van der Waals surface area contributed by atoms with Crippen LogP contribution in [0.1, 0.15) is 30.6 Å². The third-order valence-electron chi connectivity index (χ3n) is 3.24. The van der Waals surface area contributed by atoms with Crippen molar-refractivity contribution < 1.29 is 19.4 Å². The second-order valence-corrected chi connectivity index (χ2v) is 5.73. The third-order valence-corrected chi connectivity index (χ3v) is 3.24. The van der Waals surface area contributed by atoms with E-state index in [1.54, 1.807) is 31.4 Å². The molecule has 1 aromatic rings. The predicted octanol–water partition coefficient (Wildman–Crippen LogP) is 2.42. The number of para-hydroxylation sites is 1. The monoisotopic (exact) mass is 295 g/mol. The fourth-order valence-corrected chi connectivity index (χ4v) is 1.90. The summed E-state index contributed by atoms with van der Waals surface area (Å²) in [6.45, 7) is 7.08. The summed E-state index contributed by atoms with van der Waals surface area (Å²) < 4.78 is 10.6. The number of carboxylic acids is 1. The number of hydrogen-bond acceptors (Lipinski definition) is 4. The van der Waals surface area contributed by atoms with E-state index in [-0.39, 0.29) is 11.0 Å². The van der Waals surface area contributed by atoms with Gasteiger partial charge < -0.3 is 19.9 Å². The molecule has 118 valence electrons. The van der Waals surface area contributed by atoms with Crippen LogP contribution in [0.4, 0.5) is 0 Å². The zero-order chi connectivity index (χ0) is 15.7. The van der Waals surface area contributed by atoms with Gasteiger partial charge in [-0.1, -0.05) is 26.0 Å². The van der Waals surface area contributed by atoms with Crippen LogP contribution in [0.15, 0.2) is 24.3 Å². The van der Waals surface area contributed by atoms with Gasteiger partial charge in [-0.3, -0.25) is 0 Å². The first-order valence-corrected chi connectivity index (χ1v) is 7.11. The van der Waals surface area contributed by atoms with E-state index < -0.39 is 5.97 Å². The first-order valence-electron chi connectivity index (χ1n) is 7.11. The van der Waals surface area contributed by atoms with Crippen molar-refractivity contribution in [3.63, 3.8) is 0 Å². The molecule has 0 saturated carbocycles. The van der Waals surface area contributed by atoms with Crippen LogP contribution < -0.4 is 10.1 Å². The largest absolute Gasteiger partial charge is 0.491 e. The van der Waals surface area contributed by atoms with Crippen molar-refractivity contribution in [3.05, 3.63) is 29.8 Å². The molecule has 0 saturated heterocycles. The molecular weight excluding hydrogens is 270 g/mol. The van der Waals surface area contributed by atoms with Crippen molar-refractivity contribution in [2.45, 2.75) is 20.3 Å². The van der Waals surface area contributed by atoms with Gasteiger partial charge in [0.1, 0.15) is 17.9 Å². The molecule has 5 nitrogen and oxygen atoms in total. The fraction of sp³-hybridized carbons (Fsp3) is 0.562. The maximum absolute atomic E-state index is 11.0. The summed E-state index contributed by atoms with van der Waals surface area (Å²) in [7, 11) is 1.71. The Bertz CT molecular complexity index is 446. The molecular formula is C16H25NO4. The van der Waals surface area contributed by atoms with Gasteiger partial charge in [-0.15, -0.1) is 0 Å². The zero-order valence-electron chi connectivity index (χ0n) is 13.0. The molecule has 0 atom stereocenters. The van der Waals surface area contributed by atoms with Gasteiger partial charge in [0.2, 0.25) is 0 Å². The number of methoxy groups -OCH3 is 1. The normalized spacial score (nSPS) is 11.4. The highest BCUT2D eigenvalue weighted by Gasteiger charge is 2.16. The Morgan fingerprint density at radius 2 is 2.00 bits per heavy atom. The Labute approximate surface area is 126 Å². The van der Waals surface area contributed by atoms with Gasteiger partial charge in [0, 0.05) is 26.8 Å². The Kier molecular flexibility index (Phi) is 7.19.